The molecule has 0 aromatic heterocycles. The molecule has 3 aliphatic heterocycles. The molecule has 0 spiro atoms. The number of nitrogens with zero attached hydrogens (tertiary/aromatic N) is 5. The maximum Gasteiger partial charge on any atom is 0.328 e. The Morgan fingerprint density at radius 3 is 2.71 bits per heavy atom. The van der Waals surface area contributed by atoms with E-state index in [1.807, 2.05) is 47.2 Å². The minimum Gasteiger partial charge on any atom is -0.495 e. The van der Waals surface area contributed by atoms with E-state index < -0.39 is 18.2 Å². The highest BCUT2D eigenvalue weighted by Gasteiger charge is 2.54. The van der Waals surface area contributed by atoms with Crippen LogP contribution in [0.4, 0.5) is 10.5 Å². The summed E-state index contributed by atoms with van der Waals surface area (Å²) in [6, 6.07) is 6.58. The largest absolute Gasteiger partial charge is 0.495 e. The van der Waals surface area contributed by atoms with Crippen molar-refractivity contribution in [3.8, 4) is 5.75 Å². The van der Waals surface area contributed by atoms with Crippen LogP contribution in [0.1, 0.15) is 13.3 Å². The van der Waals surface area contributed by atoms with Gasteiger partial charge in [-0.05, 0) is 25.5 Å². The first-order valence-electron chi connectivity index (χ1n) is 9.16. The third-order valence-corrected chi connectivity index (χ3v) is 5.25. The summed E-state index contributed by atoms with van der Waals surface area (Å²) in [5.74, 6) is 0.982. The predicted molar refractivity (Wildman–Crippen MR) is 103 cm³/mol. The Morgan fingerprint density at radius 1 is 1.25 bits per heavy atom. The Hall–Kier alpha value is -3.07. The van der Waals surface area contributed by atoms with Crippen LogP contribution >= 0.6 is 0 Å². The highest BCUT2D eigenvalue weighted by Crippen LogP contribution is 2.39. The number of aliphatic imine (C=N–C) groups is 1. The first-order valence-corrected chi connectivity index (χ1v) is 9.16. The Morgan fingerprint density at radius 2 is 2.00 bits per heavy atom. The Balaban J connectivity index is 1.71. The second kappa shape index (κ2) is 6.83. The first kappa shape index (κ1) is 18.3. The summed E-state index contributed by atoms with van der Waals surface area (Å²) in [4.78, 5) is 36.9. The molecule has 3 heterocycles. The quantitative estimate of drug-likeness (QED) is 0.814. The smallest absolute Gasteiger partial charge is 0.328 e. The fourth-order valence-electron chi connectivity index (χ4n) is 3.90. The van der Waals surface area contributed by atoms with Crippen LogP contribution in [0.5, 0.6) is 5.75 Å². The van der Waals surface area contributed by atoms with E-state index in [9.17, 15) is 9.59 Å². The SMILES string of the molecule is COc1ccccc1N1C(C)=CN2C1=NC1C2C(=O)N(CCCO)C(=O)N1C. The van der Waals surface area contributed by atoms with E-state index in [0.717, 1.165) is 11.4 Å². The van der Waals surface area contributed by atoms with E-state index in [0.29, 0.717) is 18.1 Å². The van der Waals surface area contributed by atoms with E-state index in [2.05, 4.69) is 0 Å². The van der Waals surface area contributed by atoms with Crippen molar-refractivity contribution in [2.45, 2.75) is 25.6 Å². The van der Waals surface area contributed by atoms with Crippen molar-refractivity contribution in [3.63, 3.8) is 0 Å². The molecule has 4 rings (SSSR count). The Bertz CT molecular complexity index is 883. The Kier molecular flexibility index (Phi) is 4.46. The van der Waals surface area contributed by atoms with Gasteiger partial charge in [0.1, 0.15) is 5.75 Å². The van der Waals surface area contributed by atoms with E-state index >= 15 is 0 Å². The summed E-state index contributed by atoms with van der Waals surface area (Å²) in [6.45, 7) is 2.04. The predicted octanol–water partition coefficient (Wildman–Crippen LogP) is 1.02. The Labute approximate surface area is 163 Å². The number of hydrogen-bond donors (Lipinski definition) is 1. The van der Waals surface area contributed by atoms with Gasteiger partial charge < -0.3 is 19.6 Å². The zero-order chi connectivity index (χ0) is 20.0. The summed E-state index contributed by atoms with van der Waals surface area (Å²) in [5.41, 5.74) is 1.72. The number of methoxy groups -OCH3 is 1. The average Bonchev–Trinajstić information content (AvgIpc) is 3.20. The summed E-state index contributed by atoms with van der Waals surface area (Å²) < 4.78 is 5.49. The van der Waals surface area contributed by atoms with E-state index in [-0.39, 0.29) is 19.1 Å². The van der Waals surface area contributed by atoms with Crippen LogP contribution in [-0.2, 0) is 4.79 Å². The lowest BCUT2D eigenvalue weighted by Gasteiger charge is -2.40. The summed E-state index contributed by atoms with van der Waals surface area (Å²) in [7, 11) is 3.26. The molecule has 1 N–H and O–H groups in total. The number of aliphatic hydroxyl groups excluding tert-OH is 1. The number of anilines is 1. The fourth-order valence-corrected chi connectivity index (χ4v) is 3.90. The molecule has 1 fully saturated rings. The number of carbonyl (C=O) groups is 2. The van der Waals surface area contributed by atoms with Crippen LogP contribution < -0.4 is 9.64 Å². The maximum absolute atomic E-state index is 13.1. The molecule has 28 heavy (non-hydrogen) atoms. The number of fused-ring (bicyclic) bond motifs is 3. The molecule has 2 unspecified atom stereocenters. The number of ether oxygens (including phenoxy) is 1. The molecule has 1 aromatic rings. The van der Waals surface area contributed by atoms with Crippen molar-refractivity contribution in [1.29, 1.82) is 0 Å². The zero-order valence-corrected chi connectivity index (χ0v) is 16.1. The van der Waals surface area contributed by atoms with Gasteiger partial charge in [-0.1, -0.05) is 12.1 Å². The number of amides is 3. The maximum atomic E-state index is 13.1. The highest BCUT2D eigenvalue weighted by atomic mass is 16.5. The van der Waals surface area contributed by atoms with Crippen molar-refractivity contribution < 1.29 is 19.4 Å². The van der Waals surface area contributed by atoms with Crippen LogP contribution in [0.3, 0.4) is 0 Å². The standard InChI is InChI=1S/C19H23N5O4/c1-12-11-23-15-16(21(2)19(27)22(17(15)26)9-6-10-25)20-18(23)24(12)13-7-4-5-8-14(13)28-3/h4-5,7-8,11,15-16,25H,6,9-10H2,1-3H3. The monoisotopic (exact) mass is 385 g/mol. The van der Waals surface area contributed by atoms with Gasteiger partial charge in [-0.2, -0.15) is 0 Å². The molecule has 3 aliphatic rings. The van der Waals surface area contributed by atoms with Crippen LogP contribution in [0.25, 0.3) is 0 Å². The molecule has 9 nitrogen and oxygen atoms in total. The van der Waals surface area contributed by atoms with Gasteiger partial charge in [0.05, 0.1) is 12.8 Å². The summed E-state index contributed by atoms with van der Waals surface area (Å²) >= 11 is 0. The number of urea groups is 1. The third-order valence-electron chi connectivity index (χ3n) is 5.25. The molecule has 0 saturated carbocycles. The van der Waals surface area contributed by atoms with Crippen LogP contribution in [0, 0.1) is 0 Å². The molecule has 2 atom stereocenters. The van der Waals surface area contributed by atoms with Crippen LogP contribution in [-0.4, -0.2) is 77.2 Å². The average molecular weight is 385 g/mol. The van der Waals surface area contributed by atoms with Crippen molar-refractivity contribution in [1.82, 2.24) is 14.7 Å². The van der Waals surface area contributed by atoms with Gasteiger partial charge >= 0.3 is 6.03 Å². The minimum absolute atomic E-state index is 0.0824. The van der Waals surface area contributed by atoms with Crippen molar-refractivity contribution in [3.05, 3.63) is 36.2 Å². The van der Waals surface area contributed by atoms with Gasteiger partial charge in [0.25, 0.3) is 5.91 Å². The molecular weight excluding hydrogens is 362 g/mol. The number of allylic oxidation sites excluding steroid dienone is 1. The first-order chi connectivity index (χ1) is 13.5. The third kappa shape index (κ3) is 2.54. The van der Waals surface area contributed by atoms with Gasteiger partial charge in [-0.25, -0.2) is 9.79 Å². The number of imide groups is 1. The molecular formula is C19H23N5O4. The number of guanidine groups is 1. The lowest BCUT2D eigenvalue weighted by Crippen LogP contribution is -2.64. The van der Waals surface area contributed by atoms with Gasteiger partial charge in [-0.15, -0.1) is 0 Å². The van der Waals surface area contributed by atoms with Gasteiger partial charge in [0.15, 0.2) is 12.2 Å². The molecule has 9 heteroatoms. The molecule has 0 radical (unpaired) electrons. The summed E-state index contributed by atoms with van der Waals surface area (Å²) in [6.07, 6.45) is 1.63. The number of rotatable bonds is 5. The number of aliphatic hydroxyl groups is 1. The number of para-hydroxylation sites is 2. The van der Waals surface area contributed by atoms with Gasteiger partial charge in [-0.3, -0.25) is 14.6 Å². The van der Waals surface area contributed by atoms with E-state index in [1.165, 1.54) is 9.80 Å². The van der Waals surface area contributed by atoms with Crippen molar-refractivity contribution in [2.24, 2.45) is 4.99 Å². The van der Waals surface area contributed by atoms with E-state index in [1.54, 1.807) is 14.2 Å². The molecule has 148 valence electrons. The lowest BCUT2D eigenvalue weighted by molar-refractivity contribution is -0.136. The second-order valence-electron chi connectivity index (χ2n) is 6.93. The molecule has 1 saturated heterocycles. The summed E-state index contributed by atoms with van der Waals surface area (Å²) in [5, 5.41) is 9.09. The lowest BCUT2D eigenvalue weighted by atomic mass is 10.1. The normalized spacial score (nSPS) is 23.7. The number of hydrogen-bond acceptors (Lipinski definition) is 7. The van der Waals surface area contributed by atoms with Crippen molar-refractivity contribution >= 4 is 23.6 Å². The highest BCUT2D eigenvalue weighted by molar-refractivity contribution is 6.10. The minimum atomic E-state index is -0.619. The topological polar surface area (TPSA) is 88.9 Å². The molecule has 1 aromatic carbocycles. The fraction of sp³-hybridized carbons (Fsp3) is 0.421. The number of benzene rings is 1. The van der Waals surface area contributed by atoms with E-state index in [4.69, 9.17) is 14.8 Å². The second-order valence-corrected chi connectivity index (χ2v) is 6.93. The molecule has 3 amide bonds. The van der Waals surface area contributed by atoms with Gasteiger partial charge in [0, 0.05) is 32.1 Å². The van der Waals surface area contributed by atoms with Gasteiger partial charge in [0.2, 0.25) is 5.96 Å². The number of likely N-dealkylation sites (N-methyl/N-ethyl adjacent to an activating group) is 1. The van der Waals surface area contributed by atoms with Crippen LogP contribution in [0.15, 0.2) is 41.2 Å². The number of carbonyl (C=O) groups excluding carboxylic acids is 2. The zero-order valence-electron chi connectivity index (χ0n) is 16.1. The molecule has 0 aliphatic carbocycles. The van der Waals surface area contributed by atoms with Crippen molar-refractivity contribution in [2.75, 3.05) is 32.2 Å². The molecule has 0 bridgehead atoms. The van der Waals surface area contributed by atoms with Crippen LogP contribution in [0.2, 0.25) is 0 Å².